The Bertz CT molecular complexity index is 647. The van der Waals surface area contributed by atoms with Gasteiger partial charge in [0.1, 0.15) is 5.75 Å². The first-order chi connectivity index (χ1) is 11.1. The normalized spacial score (nSPS) is 10.8. The highest BCUT2D eigenvalue weighted by atomic mass is 32.1. The summed E-state index contributed by atoms with van der Waals surface area (Å²) in [6.07, 6.45) is 3.35. The Morgan fingerprint density at radius 1 is 1.35 bits per heavy atom. The number of unbranched alkanes of at least 4 members (excludes halogenated alkanes) is 2. The average molecular weight is 340 g/mol. The zero-order valence-electron chi connectivity index (χ0n) is 12.7. The second-order valence-corrected chi connectivity index (χ2v) is 5.78. The van der Waals surface area contributed by atoms with Crippen molar-refractivity contribution in [3.63, 3.8) is 0 Å². The van der Waals surface area contributed by atoms with Crippen LogP contribution in [0.5, 0.6) is 5.75 Å². The van der Waals surface area contributed by atoms with Gasteiger partial charge in [-0.05, 0) is 18.6 Å². The largest absolute Gasteiger partial charge is 0.434 e. The van der Waals surface area contributed by atoms with Crippen molar-refractivity contribution in [3.8, 4) is 17.0 Å². The molecule has 0 aliphatic carbocycles. The van der Waals surface area contributed by atoms with Crippen LogP contribution < -0.4 is 10.1 Å². The molecule has 1 amide bonds. The van der Waals surface area contributed by atoms with Crippen molar-refractivity contribution in [2.75, 3.05) is 5.32 Å². The Labute approximate surface area is 137 Å². The molecule has 0 atom stereocenters. The van der Waals surface area contributed by atoms with Crippen LogP contribution in [0, 0.1) is 0 Å². The number of nitrogens with zero attached hydrogens (tertiary/aromatic N) is 1. The molecular weight excluding hydrogens is 322 g/mol. The number of nitrogens with one attached hydrogen (secondary N) is 1. The zero-order chi connectivity index (χ0) is 16.7. The summed E-state index contributed by atoms with van der Waals surface area (Å²) in [5.41, 5.74) is 0.964. The van der Waals surface area contributed by atoms with E-state index in [9.17, 15) is 13.6 Å². The van der Waals surface area contributed by atoms with Crippen LogP contribution in [-0.4, -0.2) is 17.5 Å². The van der Waals surface area contributed by atoms with E-state index >= 15 is 0 Å². The lowest BCUT2D eigenvalue weighted by Crippen LogP contribution is -2.10. The van der Waals surface area contributed by atoms with Gasteiger partial charge < -0.3 is 10.1 Å². The predicted octanol–water partition coefficient (Wildman–Crippen LogP) is 4.93. The molecule has 0 spiro atoms. The molecule has 1 heterocycles. The Morgan fingerprint density at radius 2 is 2.13 bits per heavy atom. The molecule has 1 aromatic heterocycles. The second kappa shape index (κ2) is 8.57. The van der Waals surface area contributed by atoms with Gasteiger partial charge in [-0.1, -0.05) is 31.9 Å². The number of rotatable bonds is 8. The Hall–Kier alpha value is -2.02. The summed E-state index contributed by atoms with van der Waals surface area (Å²) in [6, 6.07) is 6.45. The van der Waals surface area contributed by atoms with Gasteiger partial charge in [-0.2, -0.15) is 8.78 Å². The second-order valence-electron chi connectivity index (χ2n) is 4.92. The number of benzene rings is 1. The highest BCUT2D eigenvalue weighted by Gasteiger charge is 2.14. The Kier molecular flexibility index (Phi) is 6.46. The average Bonchev–Trinajstić information content (AvgIpc) is 2.95. The minimum Gasteiger partial charge on any atom is -0.434 e. The fourth-order valence-corrected chi connectivity index (χ4v) is 2.78. The van der Waals surface area contributed by atoms with Crippen LogP contribution >= 0.6 is 11.3 Å². The number of carbonyl (C=O) groups is 1. The third-order valence-corrected chi connectivity index (χ3v) is 3.89. The quantitative estimate of drug-likeness (QED) is 0.693. The third kappa shape index (κ3) is 5.28. The molecule has 2 rings (SSSR count). The van der Waals surface area contributed by atoms with Gasteiger partial charge in [-0.3, -0.25) is 4.79 Å². The van der Waals surface area contributed by atoms with Crippen LogP contribution in [0.4, 0.5) is 13.9 Å². The van der Waals surface area contributed by atoms with Crippen molar-refractivity contribution >= 4 is 22.4 Å². The van der Waals surface area contributed by atoms with E-state index in [0.29, 0.717) is 22.8 Å². The number of halogens is 2. The van der Waals surface area contributed by atoms with Gasteiger partial charge in [0.25, 0.3) is 0 Å². The van der Waals surface area contributed by atoms with E-state index in [1.165, 1.54) is 17.4 Å². The maximum Gasteiger partial charge on any atom is 0.387 e. The molecule has 0 aliphatic rings. The highest BCUT2D eigenvalue weighted by Crippen LogP contribution is 2.33. The standard InChI is InChI=1S/C16H18F2N2O2S/c1-2-3-4-9-14(21)20-16-19-12(10-23-16)11-7-5-6-8-13(11)22-15(17)18/h5-8,10,15H,2-4,9H2,1H3,(H,19,20,21). The van der Waals surface area contributed by atoms with E-state index in [1.54, 1.807) is 23.6 Å². The lowest BCUT2D eigenvalue weighted by molar-refractivity contribution is -0.116. The molecule has 0 fully saturated rings. The Balaban J connectivity index is 2.06. The van der Waals surface area contributed by atoms with Gasteiger partial charge in [0.2, 0.25) is 5.91 Å². The number of amides is 1. The third-order valence-electron chi connectivity index (χ3n) is 3.14. The van der Waals surface area contributed by atoms with Crippen molar-refractivity contribution < 1.29 is 18.3 Å². The molecule has 124 valence electrons. The molecule has 0 saturated carbocycles. The number of ether oxygens (including phenoxy) is 1. The van der Waals surface area contributed by atoms with E-state index in [-0.39, 0.29) is 11.7 Å². The maximum absolute atomic E-state index is 12.4. The lowest BCUT2D eigenvalue weighted by Gasteiger charge is -2.08. The first kappa shape index (κ1) is 17.3. The van der Waals surface area contributed by atoms with Crippen LogP contribution in [0.25, 0.3) is 11.3 Å². The molecule has 0 unspecified atom stereocenters. The number of hydrogen-bond donors (Lipinski definition) is 1. The van der Waals surface area contributed by atoms with Gasteiger partial charge in [0.05, 0.1) is 5.69 Å². The van der Waals surface area contributed by atoms with Crippen LogP contribution in [0.2, 0.25) is 0 Å². The lowest BCUT2D eigenvalue weighted by atomic mass is 10.1. The molecule has 0 aliphatic heterocycles. The monoisotopic (exact) mass is 340 g/mol. The molecule has 4 nitrogen and oxygen atoms in total. The molecule has 1 aromatic carbocycles. The smallest absolute Gasteiger partial charge is 0.387 e. The molecule has 0 saturated heterocycles. The minimum atomic E-state index is -2.90. The molecular formula is C16H18F2N2O2S. The fraction of sp³-hybridized carbons (Fsp3) is 0.375. The summed E-state index contributed by atoms with van der Waals surface area (Å²) in [5, 5.41) is 4.89. The SMILES string of the molecule is CCCCCC(=O)Nc1nc(-c2ccccc2OC(F)F)cs1. The number of aromatic nitrogens is 1. The van der Waals surface area contributed by atoms with Gasteiger partial charge in [0, 0.05) is 17.4 Å². The first-order valence-corrected chi connectivity index (χ1v) is 8.27. The molecule has 1 N–H and O–H groups in total. The number of carbonyl (C=O) groups excluding carboxylic acids is 1. The summed E-state index contributed by atoms with van der Waals surface area (Å²) in [5.74, 6) is -0.0231. The fourth-order valence-electron chi connectivity index (χ4n) is 2.05. The van der Waals surface area contributed by atoms with Crippen LogP contribution in [0.15, 0.2) is 29.6 Å². The number of hydrogen-bond acceptors (Lipinski definition) is 4. The molecule has 0 bridgehead atoms. The van der Waals surface area contributed by atoms with Crippen molar-refractivity contribution in [1.82, 2.24) is 4.98 Å². The number of para-hydroxylation sites is 1. The van der Waals surface area contributed by atoms with Gasteiger partial charge in [-0.15, -0.1) is 11.3 Å². The Morgan fingerprint density at radius 3 is 2.87 bits per heavy atom. The summed E-state index contributed by atoms with van der Waals surface area (Å²) in [6.45, 7) is -0.822. The van der Waals surface area contributed by atoms with Gasteiger partial charge >= 0.3 is 6.61 Å². The van der Waals surface area contributed by atoms with E-state index in [0.717, 1.165) is 19.3 Å². The van der Waals surface area contributed by atoms with Crippen LogP contribution in [-0.2, 0) is 4.79 Å². The maximum atomic E-state index is 12.4. The van der Waals surface area contributed by atoms with Crippen molar-refractivity contribution in [2.24, 2.45) is 0 Å². The van der Waals surface area contributed by atoms with E-state index in [2.05, 4.69) is 22.0 Å². The molecule has 2 aromatic rings. The number of thiazole rings is 1. The first-order valence-electron chi connectivity index (χ1n) is 7.39. The minimum absolute atomic E-state index is 0.0635. The summed E-state index contributed by atoms with van der Waals surface area (Å²) < 4.78 is 29.4. The highest BCUT2D eigenvalue weighted by molar-refractivity contribution is 7.14. The van der Waals surface area contributed by atoms with Crippen LogP contribution in [0.1, 0.15) is 32.6 Å². The molecule has 0 radical (unpaired) electrons. The molecule has 7 heteroatoms. The van der Waals surface area contributed by atoms with Crippen LogP contribution in [0.3, 0.4) is 0 Å². The van der Waals surface area contributed by atoms with Gasteiger partial charge in [-0.25, -0.2) is 4.98 Å². The van der Waals surface area contributed by atoms with E-state index in [1.807, 2.05) is 0 Å². The molecule has 23 heavy (non-hydrogen) atoms. The van der Waals surface area contributed by atoms with E-state index < -0.39 is 6.61 Å². The summed E-state index contributed by atoms with van der Waals surface area (Å²) >= 11 is 1.25. The van der Waals surface area contributed by atoms with Gasteiger partial charge in [0.15, 0.2) is 5.13 Å². The van der Waals surface area contributed by atoms with E-state index in [4.69, 9.17) is 0 Å². The van der Waals surface area contributed by atoms with Crippen molar-refractivity contribution in [2.45, 2.75) is 39.2 Å². The topological polar surface area (TPSA) is 51.2 Å². The number of anilines is 1. The van der Waals surface area contributed by atoms with Crippen molar-refractivity contribution in [3.05, 3.63) is 29.6 Å². The summed E-state index contributed by atoms with van der Waals surface area (Å²) in [4.78, 5) is 16.1. The predicted molar refractivity (Wildman–Crippen MR) is 87.0 cm³/mol. The zero-order valence-corrected chi connectivity index (χ0v) is 13.5. The number of alkyl halides is 2. The summed E-state index contributed by atoms with van der Waals surface area (Å²) in [7, 11) is 0. The van der Waals surface area contributed by atoms with Crippen molar-refractivity contribution in [1.29, 1.82) is 0 Å².